The highest BCUT2D eigenvalue weighted by Gasteiger charge is 1.91. The minimum absolute atomic E-state index is 0.172. The Labute approximate surface area is 72.5 Å². The zero-order valence-electron chi connectivity index (χ0n) is 7.25. The fourth-order valence-corrected chi connectivity index (χ4v) is 0.899. The molecule has 1 heterocycles. The zero-order chi connectivity index (χ0) is 8.81. The molecule has 0 atom stereocenters. The van der Waals surface area contributed by atoms with Crippen LogP contribution in [0.3, 0.4) is 0 Å². The molecule has 12 heavy (non-hydrogen) atoms. The second kappa shape index (κ2) is 4.85. The predicted molar refractivity (Wildman–Crippen MR) is 47.8 cm³/mol. The molecule has 0 amide bonds. The van der Waals surface area contributed by atoms with E-state index in [9.17, 15) is 0 Å². The van der Waals surface area contributed by atoms with Crippen LogP contribution < -0.4 is 5.32 Å². The van der Waals surface area contributed by atoms with E-state index in [1.807, 2.05) is 25.3 Å². The maximum atomic E-state index is 8.51. The van der Waals surface area contributed by atoms with Gasteiger partial charge < -0.3 is 10.4 Å². The third kappa shape index (κ3) is 2.98. The van der Waals surface area contributed by atoms with Gasteiger partial charge in [0, 0.05) is 19.3 Å². The summed E-state index contributed by atoms with van der Waals surface area (Å²) >= 11 is 0. The van der Waals surface area contributed by atoms with Gasteiger partial charge in [0.2, 0.25) is 0 Å². The molecule has 0 aliphatic rings. The van der Waals surface area contributed by atoms with Gasteiger partial charge in [-0.15, -0.1) is 0 Å². The predicted octanol–water partition coefficient (Wildman–Crippen LogP) is 0.472. The van der Waals surface area contributed by atoms with Gasteiger partial charge in [-0.1, -0.05) is 6.07 Å². The summed E-state index contributed by atoms with van der Waals surface area (Å²) in [6.45, 7) is 3.53. The van der Waals surface area contributed by atoms with Gasteiger partial charge in [-0.3, -0.25) is 4.98 Å². The van der Waals surface area contributed by atoms with Crippen molar-refractivity contribution in [3.05, 3.63) is 29.6 Å². The first-order chi connectivity index (χ1) is 5.83. The number of nitrogens with one attached hydrogen (secondary N) is 1. The van der Waals surface area contributed by atoms with Crippen molar-refractivity contribution in [3.63, 3.8) is 0 Å². The Hall–Kier alpha value is -0.930. The summed E-state index contributed by atoms with van der Waals surface area (Å²) in [6.07, 6.45) is 1.84. The number of aliphatic hydroxyl groups excluding tert-OH is 1. The molecule has 0 saturated carbocycles. The highest BCUT2D eigenvalue weighted by Crippen LogP contribution is 1.97. The maximum absolute atomic E-state index is 8.51. The largest absolute Gasteiger partial charge is 0.395 e. The summed E-state index contributed by atoms with van der Waals surface area (Å²) < 4.78 is 0. The number of rotatable bonds is 4. The minimum Gasteiger partial charge on any atom is -0.395 e. The fourth-order valence-electron chi connectivity index (χ4n) is 0.899. The van der Waals surface area contributed by atoms with Crippen LogP contribution in [-0.2, 0) is 6.54 Å². The highest BCUT2D eigenvalue weighted by molar-refractivity contribution is 5.11. The van der Waals surface area contributed by atoms with E-state index in [4.69, 9.17) is 5.11 Å². The van der Waals surface area contributed by atoms with Gasteiger partial charge in [0.05, 0.1) is 12.3 Å². The Bertz CT molecular complexity index is 220. The molecule has 1 rings (SSSR count). The normalized spacial score (nSPS) is 10.2. The summed E-state index contributed by atoms with van der Waals surface area (Å²) in [5, 5.41) is 11.6. The number of hydrogen-bond acceptors (Lipinski definition) is 3. The van der Waals surface area contributed by atoms with Crippen molar-refractivity contribution in [2.45, 2.75) is 13.5 Å². The van der Waals surface area contributed by atoms with Crippen LogP contribution in [0.2, 0.25) is 0 Å². The third-order valence-corrected chi connectivity index (χ3v) is 1.57. The lowest BCUT2D eigenvalue weighted by Gasteiger charge is -2.01. The Morgan fingerprint density at radius 1 is 1.50 bits per heavy atom. The molecule has 0 unspecified atom stereocenters. The second-order valence-electron chi connectivity index (χ2n) is 2.73. The zero-order valence-corrected chi connectivity index (χ0v) is 7.25. The average Bonchev–Trinajstić information content (AvgIpc) is 2.09. The van der Waals surface area contributed by atoms with Crippen molar-refractivity contribution in [1.82, 2.24) is 10.3 Å². The summed E-state index contributed by atoms with van der Waals surface area (Å²) in [5.41, 5.74) is 2.18. The summed E-state index contributed by atoms with van der Waals surface area (Å²) in [6, 6.07) is 4.02. The smallest absolute Gasteiger partial charge is 0.0556 e. The first-order valence-electron chi connectivity index (χ1n) is 4.06. The molecule has 2 N–H and O–H groups in total. The molecule has 1 aromatic heterocycles. The van der Waals surface area contributed by atoms with Crippen LogP contribution in [0.25, 0.3) is 0 Å². The van der Waals surface area contributed by atoms with Crippen LogP contribution in [0, 0.1) is 6.92 Å². The number of pyridine rings is 1. The minimum atomic E-state index is 0.172. The van der Waals surface area contributed by atoms with Gasteiger partial charge in [-0.2, -0.15) is 0 Å². The lowest BCUT2D eigenvalue weighted by molar-refractivity contribution is 0.291. The molecular weight excluding hydrogens is 152 g/mol. The number of hydrogen-bond donors (Lipinski definition) is 2. The van der Waals surface area contributed by atoms with E-state index in [1.165, 1.54) is 5.56 Å². The lowest BCUT2D eigenvalue weighted by atomic mass is 10.3. The topological polar surface area (TPSA) is 45.1 Å². The van der Waals surface area contributed by atoms with Crippen molar-refractivity contribution < 1.29 is 5.11 Å². The first kappa shape index (κ1) is 9.16. The van der Waals surface area contributed by atoms with E-state index in [0.29, 0.717) is 6.54 Å². The first-order valence-corrected chi connectivity index (χ1v) is 4.06. The SMILES string of the molecule is Cc1ccc(CNCCO)nc1. The van der Waals surface area contributed by atoms with Crippen LogP contribution >= 0.6 is 0 Å². The van der Waals surface area contributed by atoms with Gasteiger partial charge in [-0.25, -0.2) is 0 Å². The molecular formula is C9H14N2O. The van der Waals surface area contributed by atoms with Gasteiger partial charge in [-0.05, 0) is 18.6 Å². The van der Waals surface area contributed by atoms with E-state index < -0.39 is 0 Å². The average molecular weight is 166 g/mol. The van der Waals surface area contributed by atoms with Crippen molar-refractivity contribution in [2.75, 3.05) is 13.2 Å². The van der Waals surface area contributed by atoms with E-state index in [-0.39, 0.29) is 6.61 Å². The van der Waals surface area contributed by atoms with Crippen LogP contribution in [0.5, 0.6) is 0 Å². The molecule has 0 aliphatic heterocycles. The molecule has 0 bridgehead atoms. The van der Waals surface area contributed by atoms with E-state index in [1.54, 1.807) is 0 Å². The Morgan fingerprint density at radius 3 is 2.92 bits per heavy atom. The van der Waals surface area contributed by atoms with Crippen molar-refractivity contribution >= 4 is 0 Å². The maximum Gasteiger partial charge on any atom is 0.0556 e. The molecule has 0 radical (unpaired) electrons. The van der Waals surface area contributed by atoms with Gasteiger partial charge in [0.15, 0.2) is 0 Å². The van der Waals surface area contributed by atoms with Crippen LogP contribution in [0.4, 0.5) is 0 Å². The monoisotopic (exact) mass is 166 g/mol. The van der Waals surface area contributed by atoms with Gasteiger partial charge in [0.1, 0.15) is 0 Å². The molecule has 1 aromatic rings. The van der Waals surface area contributed by atoms with Crippen LogP contribution in [-0.4, -0.2) is 23.2 Å². The number of nitrogens with zero attached hydrogens (tertiary/aromatic N) is 1. The standard InChI is InChI=1S/C9H14N2O/c1-8-2-3-9(11-6-8)7-10-4-5-12/h2-3,6,10,12H,4-5,7H2,1H3. The third-order valence-electron chi connectivity index (χ3n) is 1.57. The number of aryl methyl sites for hydroxylation is 1. The summed E-state index contributed by atoms with van der Waals surface area (Å²) in [5.74, 6) is 0. The van der Waals surface area contributed by atoms with Crippen molar-refractivity contribution in [3.8, 4) is 0 Å². The summed E-state index contributed by atoms with van der Waals surface area (Å²) in [4.78, 5) is 4.21. The Kier molecular flexibility index (Phi) is 3.70. The van der Waals surface area contributed by atoms with Crippen molar-refractivity contribution in [1.29, 1.82) is 0 Å². The number of aromatic nitrogens is 1. The summed E-state index contributed by atoms with van der Waals surface area (Å²) in [7, 11) is 0. The second-order valence-corrected chi connectivity index (χ2v) is 2.73. The quantitative estimate of drug-likeness (QED) is 0.639. The molecule has 3 nitrogen and oxygen atoms in total. The molecule has 0 aliphatic carbocycles. The molecule has 66 valence electrons. The van der Waals surface area contributed by atoms with Crippen molar-refractivity contribution in [2.24, 2.45) is 0 Å². The molecule has 0 aromatic carbocycles. The van der Waals surface area contributed by atoms with Gasteiger partial charge >= 0.3 is 0 Å². The molecule has 3 heteroatoms. The molecule has 0 fully saturated rings. The van der Waals surface area contributed by atoms with Crippen LogP contribution in [0.15, 0.2) is 18.3 Å². The lowest BCUT2D eigenvalue weighted by Crippen LogP contribution is -2.18. The van der Waals surface area contributed by atoms with E-state index in [0.717, 1.165) is 12.2 Å². The van der Waals surface area contributed by atoms with Crippen LogP contribution in [0.1, 0.15) is 11.3 Å². The van der Waals surface area contributed by atoms with E-state index in [2.05, 4.69) is 10.3 Å². The van der Waals surface area contributed by atoms with E-state index >= 15 is 0 Å². The Balaban J connectivity index is 2.37. The number of aliphatic hydroxyl groups is 1. The molecule has 0 spiro atoms. The molecule has 0 saturated heterocycles. The highest BCUT2D eigenvalue weighted by atomic mass is 16.3. The Morgan fingerprint density at radius 2 is 2.33 bits per heavy atom. The fraction of sp³-hybridized carbons (Fsp3) is 0.444. The van der Waals surface area contributed by atoms with Gasteiger partial charge in [0.25, 0.3) is 0 Å².